The van der Waals surface area contributed by atoms with E-state index in [1.807, 2.05) is 11.8 Å². The van der Waals surface area contributed by atoms with E-state index in [1.165, 1.54) is 12.5 Å². The molecule has 2 aromatic heterocycles. The van der Waals surface area contributed by atoms with Crippen molar-refractivity contribution >= 4 is 11.7 Å². The van der Waals surface area contributed by atoms with Gasteiger partial charge in [-0.2, -0.15) is 0 Å². The molecular weight excluding hydrogens is 322 g/mol. The van der Waals surface area contributed by atoms with Crippen molar-refractivity contribution in [1.82, 2.24) is 15.0 Å². The highest BCUT2D eigenvalue weighted by atomic mass is 16.5. The molecule has 134 valence electrons. The van der Waals surface area contributed by atoms with Gasteiger partial charge in [-0.3, -0.25) is 9.59 Å². The molecule has 0 aromatic carbocycles. The molecule has 1 aliphatic rings. The lowest BCUT2D eigenvalue weighted by Gasteiger charge is -2.32. The zero-order chi connectivity index (χ0) is 17.6. The molecule has 1 saturated heterocycles. The Bertz CT molecular complexity index is 700. The summed E-state index contributed by atoms with van der Waals surface area (Å²) in [4.78, 5) is 29.9. The van der Waals surface area contributed by atoms with Gasteiger partial charge in [0.1, 0.15) is 12.0 Å². The lowest BCUT2D eigenvalue weighted by atomic mass is 9.91. The number of hydrogen-bond donors (Lipinski definition) is 0. The van der Waals surface area contributed by atoms with E-state index in [4.69, 9.17) is 8.94 Å². The molecule has 2 aromatic rings. The van der Waals surface area contributed by atoms with E-state index < -0.39 is 0 Å². The van der Waals surface area contributed by atoms with Gasteiger partial charge in [0.05, 0.1) is 18.3 Å². The molecule has 3 rings (SSSR count). The van der Waals surface area contributed by atoms with Gasteiger partial charge in [-0.05, 0) is 38.5 Å². The Balaban J connectivity index is 1.35. The van der Waals surface area contributed by atoms with Crippen molar-refractivity contribution in [2.75, 3.05) is 13.1 Å². The van der Waals surface area contributed by atoms with Crippen LogP contribution in [0, 0.1) is 12.8 Å². The summed E-state index contributed by atoms with van der Waals surface area (Å²) in [6, 6.07) is 1.80. The van der Waals surface area contributed by atoms with Crippen molar-refractivity contribution in [3.63, 3.8) is 0 Å². The zero-order valence-electron chi connectivity index (χ0n) is 14.4. The number of Topliss-reactive ketones (excluding diaryl/α,β-unsaturated/α-hetero) is 1. The standard InChI is InChI=1S/C18H23N3O4/c1-13-11-15(25-20-13)12-17(23)21-8-5-14(6-9-21)3-2-4-16(22)18-19-7-10-24-18/h7,10-11,14H,2-6,8-9,12H2,1H3. The normalized spacial score (nSPS) is 15.5. The molecule has 3 heterocycles. The van der Waals surface area contributed by atoms with Crippen molar-refractivity contribution in [3.8, 4) is 0 Å². The second-order valence-corrected chi connectivity index (χ2v) is 6.59. The second kappa shape index (κ2) is 8.09. The van der Waals surface area contributed by atoms with E-state index in [1.54, 1.807) is 6.07 Å². The minimum Gasteiger partial charge on any atom is -0.442 e. The second-order valence-electron chi connectivity index (χ2n) is 6.59. The molecule has 7 heteroatoms. The number of oxazole rings is 1. The Hall–Kier alpha value is -2.44. The molecule has 0 spiro atoms. The molecule has 0 atom stereocenters. The van der Waals surface area contributed by atoms with Crippen molar-refractivity contribution in [3.05, 3.63) is 35.9 Å². The Morgan fingerprint density at radius 3 is 2.76 bits per heavy atom. The molecule has 0 N–H and O–H groups in total. The summed E-state index contributed by atoms with van der Waals surface area (Å²) < 4.78 is 10.1. The van der Waals surface area contributed by atoms with Crippen LogP contribution in [-0.4, -0.2) is 39.8 Å². The van der Waals surface area contributed by atoms with Crippen LogP contribution in [0.25, 0.3) is 0 Å². The molecule has 0 saturated carbocycles. The molecule has 1 fully saturated rings. The number of hydrogen-bond acceptors (Lipinski definition) is 6. The van der Waals surface area contributed by atoms with Gasteiger partial charge in [0.15, 0.2) is 0 Å². The number of likely N-dealkylation sites (tertiary alicyclic amines) is 1. The van der Waals surface area contributed by atoms with E-state index in [2.05, 4.69) is 10.1 Å². The van der Waals surface area contributed by atoms with Gasteiger partial charge in [0.25, 0.3) is 5.89 Å². The van der Waals surface area contributed by atoms with Crippen LogP contribution in [0.2, 0.25) is 0 Å². The Morgan fingerprint density at radius 2 is 2.12 bits per heavy atom. The highest BCUT2D eigenvalue weighted by molar-refractivity contribution is 5.91. The maximum absolute atomic E-state index is 12.3. The number of aromatic nitrogens is 2. The number of nitrogens with zero attached hydrogens (tertiary/aromatic N) is 3. The molecule has 0 aliphatic carbocycles. The smallest absolute Gasteiger partial charge is 0.263 e. The number of piperidine rings is 1. The van der Waals surface area contributed by atoms with Gasteiger partial charge < -0.3 is 13.8 Å². The molecule has 0 bridgehead atoms. The average Bonchev–Trinajstić information content (AvgIpc) is 3.27. The summed E-state index contributed by atoms with van der Waals surface area (Å²) in [5, 5.41) is 3.81. The van der Waals surface area contributed by atoms with Gasteiger partial charge >= 0.3 is 0 Å². The topological polar surface area (TPSA) is 89.4 Å². The molecule has 25 heavy (non-hydrogen) atoms. The molecule has 0 unspecified atom stereocenters. The molecule has 7 nitrogen and oxygen atoms in total. The van der Waals surface area contributed by atoms with Crippen LogP contribution >= 0.6 is 0 Å². The third kappa shape index (κ3) is 4.78. The monoisotopic (exact) mass is 345 g/mol. The van der Waals surface area contributed by atoms with Gasteiger partial charge in [-0.15, -0.1) is 0 Å². The fraction of sp³-hybridized carbons (Fsp3) is 0.556. The number of amides is 1. The van der Waals surface area contributed by atoms with Gasteiger partial charge in [0.2, 0.25) is 11.7 Å². The van der Waals surface area contributed by atoms with Crippen molar-refractivity contribution in [2.45, 2.75) is 45.4 Å². The lowest BCUT2D eigenvalue weighted by molar-refractivity contribution is -0.132. The number of carbonyl (C=O) groups is 2. The van der Waals surface area contributed by atoms with Crippen LogP contribution in [-0.2, 0) is 11.2 Å². The van der Waals surface area contributed by atoms with E-state index in [0.29, 0.717) is 18.1 Å². The van der Waals surface area contributed by atoms with Crippen molar-refractivity contribution in [2.24, 2.45) is 5.92 Å². The highest BCUT2D eigenvalue weighted by Gasteiger charge is 2.24. The predicted molar refractivity (Wildman–Crippen MR) is 88.9 cm³/mol. The largest absolute Gasteiger partial charge is 0.442 e. The van der Waals surface area contributed by atoms with Crippen molar-refractivity contribution < 1.29 is 18.5 Å². The number of rotatable bonds is 7. The molecular formula is C18H23N3O4. The minimum atomic E-state index is -0.0417. The Labute approximate surface area is 146 Å². The van der Waals surface area contributed by atoms with Crippen LogP contribution in [0.1, 0.15) is 54.2 Å². The molecule has 1 aliphatic heterocycles. The Morgan fingerprint density at radius 1 is 1.32 bits per heavy atom. The minimum absolute atomic E-state index is 0.0417. The molecule has 0 radical (unpaired) electrons. The first-order valence-electron chi connectivity index (χ1n) is 8.74. The van der Waals surface area contributed by atoms with E-state index in [9.17, 15) is 9.59 Å². The third-order valence-corrected chi connectivity index (χ3v) is 4.66. The fourth-order valence-corrected chi connectivity index (χ4v) is 3.25. The number of carbonyl (C=O) groups excluding carboxylic acids is 2. The van der Waals surface area contributed by atoms with Gasteiger partial charge in [0, 0.05) is 25.6 Å². The first-order valence-corrected chi connectivity index (χ1v) is 8.74. The average molecular weight is 345 g/mol. The van der Waals surface area contributed by atoms with Gasteiger partial charge in [-0.25, -0.2) is 4.98 Å². The summed E-state index contributed by atoms with van der Waals surface area (Å²) in [5.41, 5.74) is 0.792. The van der Waals surface area contributed by atoms with Crippen LogP contribution in [0.3, 0.4) is 0 Å². The van der Waals surface area contributed by atoms with Crippen LogP contribution in [0.4, 0.5) is 0 Å². The first-order chi connectivity index (χ1) is 12.1. The number of aryl methyl sites for hydroxylation is 1. The first kappa shape index (κ1) is 17.4. The molecule has 1 amide bonds. The Kier molecular flexibility index (Phi) is 5.63. The number of ketones is 1. The van der Waals surface area contributed by atoms with Crippen LogP contribution in [0.15, 0.2) is 27.5 Å². The van der Waals surface area contributed by atoms with Crippen LogP contribution in [0.5, 0.6) is 0 Å². The van der Waals surface area contributed by atoms with Crippen molar-refractivity contribution in [1.29, 1.82) is 0 Å². The maximum Gasteiger partial charge on any atom is 0.263 e. The SMILES string of the molecule is Cc1cc(CC(=O)N2CCC(CCCC(=O)c3ncco3)CC2)on1. The summed E-state index contributed by atoms with van der Waals surface area (Å²) in [6.07, 6.45) is 7.43. The quantitative estimate of drug-likeness (QED) is 0.717. The highest BCUT2D eigenvalue weighted by Crippen LogP contribution is 2.23. The van der Waals surface area contributed by atoms with E-state index >= 15 is 0 Å². The zero-order valence-corrected chi connectivity index (χ0v) is 14.4. The summed E-state index contributed by atoms with van der Waals surface area (Å²) in [5.74, 6) is 1.43. The third-order valence-electron chi connectivity index (χ3n) is 4.66. The van der Waals surface area contributed by atoms with E-state index in [-0.39, 0.29) is 24.0 Å². The summed E-state index contributed by atoms with van der Waals surface area (Å²) >= 11 is 0. The van der Waals surface area contributed by atoms with E-state index in [0.717, 1.165) is 44.5 Å². The van der Waals surface area contributed by atoms with Gasteiger partial charge in [-0.1, -0.05) is 5.16 Å². The fourth-order valence-electron chi connectivity index (χ4n) is 3.25. The predicted octanol–water partition coefficient (Wildman–Crippen LogP) is 2.81. The summed E-state index contributed by atoms with van der Waals surface area (Å²) in [6.45, 7) is 3.38. The lowest BCUT2D eigenvalue weighted by Crippen LogP contribution is -2.39. The maximum atomic E-state index is 12.3. The van der Waals surface area contributed by atoms with Crippen LogP contribution < -0.4 is 0 Å². The summed E-state index contributed by atoms with van der Waals surface area (Å²) in [7, 11) is 0.